The molecule has 6 heteroatoms. The molecule has 122 valence electrons. The number of fused-ring (bicyclic) bond motifs is 1. The van der Waals surface area contributed by atoms with Gasteiger partial charge in [-0.1, -0.05) is 35.9 Å². The zero-order valence-corrected chi connectivity index (χ0v) is 14.7. The average Bonchev–Trinajstić information content (AvgIpc) is 2.80. The second-order valence-electron chi connectivity index (χ2n) is 5.88. The van der Waals surface area contributed by atoms with E-state index in [0.29, 0.717) is 22.4 Å². The van der Waals surface area contributed by atoms with Crippen molar-refractivity contribution in [1.29, 1.82) is 0 Å². The van der Waals surface area contributed by atoms with Crippen molar-refractivity contribution in [2.45, 2.75) is 13.0 Å². The highest BCUT2D eigenvalue weighted by Crippen LogP contribution is 2.44. The second kappa shape index (κ2) is 6.15. The van der Waals surface area contributed by atoms with Gasteiger partial charge in [-0.2, -0.15) is 16.9 Å². The number of aromatic nitrogens is 1. The zero-order chi connectivity index (χ0) is 16.7. The molecule has 2 heterocycles. The average molecular weight is 358 g/mol. The molecule has 0 amide bonds. The lowest BCUT2D eigenvalue weighted by Gasteiger charge is -2.27. The van der Waals surface area contributed by atoms with Crippen LogP contribution in [0, 0.1) is 6.92 Å². The Morgan fingerprint density at radius 2 is 1.96 bits per heavy atom. The van der Waals surface area contributed by atoms with Crippen LogP contribution in [0.3, 0.4) is 0 Å². The van der Waals surface area contributed by atoms with E-state index in [1.807, 2.05) is 59.7 Å². The molecular formula is C18H16ClN3OS. The van der Waals surface area contributed by atoms with E-state index in [1.54, 1.807) is 6.07 Å². The standard InChI is InChI=1S/C18H16ClN3OS/c1-11-6-7-12(8-15(11)19)20-21-17-14-4-2-3-5-16(14)22(18(17)23)13-9-24-10-13/h2-8,13,23H,9-10H2,1H3. The predicted molar refractivity (Wildman–Crippen MR) is 100 cm³/mol. The van der Waals surface area contributed by atoms with E-state index >= 15 is 0 Å². The highest BCUT2D eigenvalue weighted by molar-refractivity contribution is 8.00. The monoisotopic (exact) mass is 357 g/mol. The molecule has 3 aromatic rings. The molecule has 1 saturated heterocycles. The lowest BCUT2D eigenvalue weighted by Crippen LogP contribution is -2.22. The number of hydrogen-bond acceptors (Lipinski definition) is 4. The van der Waals surface area contributed by atoms with Crippen LogP contribution in [0.5, 0.6) is 5.88 Å². The van der Waals surface area contributed by atoms with Crippen molar-refractivity contribution < 1.29 is 5.11 Å². The molecule has 0 radical (unpaired) electrons. The van der Waals surface area contributed by atoms with Crippen LogP contribution in [0.4, 0.5) is 11.4 Å². The summed E-state index contributed by atoms with van der Waals surface area (Å²) in [4.78, 5) is 0. The number of aryl methyl sites for hydroxylation is 1. The van der Waals surface area contributed by atoms with Crippen molar-refractivity contribution in [3.63, 3.8) is 0 Å². The SMILES string of the molecule is Cc1ccc(N=Nc2c(O)n(C3CSC3)c3ccccc23)cc1Cl. The lowest BCUT2D eigenvalue weighted by atomic mass is 10.2. The van der Waals surface area contributed by atoms with Gasteiger partial charge in [-0.15, -0.1) is 5.11 Å². The van der Waals surface area contributed by atoms with Crippen molar-refractivity contribution in [3.05, 3.63) is 53.1 Å². The number of benzene rings is 2. The molecule has 1 aromatic heterocycles. The molecule has 2 aromatic carbocycles. The molecular weight excluding hydrogens is 342 g/mol. The number of hydrogen-bond donors (Lipinski definition) is 1. The van der Waals surface area contributed by atoms with Crippen LogP contribution in [0.25, 0.3) is 10.9 Å². The Balaban J connectivity index is 1.80. The number of thioether (sulfide) groups is 1. The Hall–Kier alpha value is -1.98. The van der Waals surface area contributed by atoms with E-state index < -0.39 is 0 Å². The quantitative estimate of drug-likeness (QED) is 0.583. The van der Waals surface area contributed by atoms with E-state index in [9.17, 15) is 5.11 Å². The summed E-state index contributed by atoms with van der Waals surface area (Å²) in [6.45, 7) is 1.94. The number of rotatable bonds is 3. The highest BCUT2D eigenvalue weighted by atomic mass is 35.5. The summed E-state index contributed by atoms with van der Waals surface area (Å²) in [5.41, 5.74) is 3.17. The molecule has 0 aliphatic carbocycles. The number of nitrogens with zero attached hydrogens (tertiary/aromatic N) is 3. The Morgan fingerprint density at radius 3 is 2.67 bits per heavy atom. The molecule has 1 N–H and O–H groups in total. The summed E-state index contributed by atoms with van der Waals surface area (Å²) in [7, 11) is 0. The van der Waals surface area contributed by atoms with E-state index in [1.165, 1.54) is 0 Å². The maximum Gasteiger partial charge on any atom is 0.221 e. The van der Waals surface area contributed by atoms with Gasteiger partial charge in [0.25, 0.3) is 0 Å². The third kappa shape index (κ3) is 2.58. The largest absolute Gasteiger partial charge is 0.493 e. The fraction of sp³-hybridized carbons (Fsp3) is 0.222. The minimum atomic E-state index is 0.184. The van der Waals surface area contributed by atoms with Gasteiger partial charge in [0, 0.05) is 21.9 Å². The van der Waals surface area contributed by atoms with Crippen LogP contribution in [0.2, 0.25) is 5.02 Å². The first kappa shape index (κ1) is 15.5. The number of halogens is 1. The molecule has 4 rings (SSSR count). The van der Waals surface area contributed by atoms with Gasteiger partial charge >= 0.3 is 0 Å². The third-order valence-corrected chi connectivity index (χ3v) is 5.91. The molecule has 0 saturated carbocycles. The van der Waals surface area contributed by atoms with Gasteiger partial charge < -0.3 is 9.67 Å². The number of para-hydroxylation sites is 1. The van der Waals surface area contributed by atoms with Crippen LogP contribution in [-0.2, 0) is 0 Å². The number of aromatic hydroxyl groups is 1. The molecule has 0 unspecified atom stereocenters. The fourth-order valence-corrected chi connectivity index (χ4v) is 3.74. The predicted octanol–water partition coefficient (Wildman–Crippen LogP) is 6.01. The van der Waals surface area contributed by atoms with Crippen LogP contribution in [-0.4, -0.2) is 21.2 Å². The van der Waals surface area contributed by atoms with E-state index in [2.05, 4.69) is 10.2 Å². The molecule has 4 nitrogen and oxygen atoms in total. The molecule has 1 aliphatic rings. The first-order valence-electron chi connectivity index (χ1n) is 7.72. The smallest absolute Gasteiger partial charge is 0.221 e. The van der Waals surface area contributed by atoms with E-state index in [-0.39, 0.29) is 5.88 Å². The number of azo groups is 1. The molecule has 0 atom stereocenters. The summed E-state index contributed by atoms with van der Waals surface area (Å²) < 4.78 is 1.97. The van der Waals surface area contributed by atoms with Gasteiger partial charge in [-0.25, -0.2) is 0 Å². The van der Waals surface area contributed by atoms with Gasteiger partial charge in [-0.05, 0) is 30.7 Å². The first-order valence-corrected chi connectivity index (χ1v) is 9.26. The normalized spacial score (nSPS) is 15.2. The van der Waals surface area contributed by atoms with Gasteiger partial charge in [0.1, 0.15) is 0 Å². The minimum absolute atomic E-state index is 0.184. The minimum Gasteiger partial charge on any atom is -0.493 e. The molecule has 0 bridgehead atoms. The van der Waals surface area contributed by atoms with Gasteiger partial charge in [-0.3, -0.25) is 0 Å². The molecule has 0 spiro atoms. The first-order chi connectivity index (χ1) is 11.6. The van der Waals surface area contributed by atoms with Crippen molar-refractivity contribution in [2.24, 2.45) is 10.2 Å². The van der Waals surface area contributed by atoms with Gasteiger partial charge in [0.15, 0.2) is 5.69 Å². The molecule has 24 heavy (non-hydrogen) atoms. The van der Waals surface area contributed by atoms with Crippen LogP contribution in [0.1, 0.15) is 11.6 Å². The summed E-state index contributed by atoms with van der Waals surface area (Å²) in [6.07, 6.45) is 0. The maximum atomic E-state index is 10.7. The summed E-state index contributed by atoms with van der Waals surface area (Å²) in [6, 6.07) is 13.8. The lowest BCUT2D eigenvalue weighted by molar-refractivity contribution is 0.406. The van der Waals surface area contributed by atoms with Crippen molar-refractivity contribution in [1.82, 2.24) is 4.57 Å². The van der Waals surface area contributed by atoms with Gasteiger partial charge in [0.2, 0.25) is 5.88 Å². The fourth-order valence-electron chi connectivity index (χ4n) is 2.82. The topological polar surface area (TPSA) is 49.9 Å². The van der Waals surface area contributed by atoms with Crippen molar-refractivity contribution in [2.75, 3.05) is 11.5 Å². The second-order valence-corrected chi connectivity index (χ2v) is 7.37. The van der Waals surface area contributed by atoms with Crippen LogP contribution >= 0.6 is 23.4 Å². The van der Waals surface area contributed by atoms with E-state index in [4.69, 9.17) is 11.6 Å². The van der Waals surface area contributed by atoms with Gasteiger partial charge in [0.05, 0.1) is 17.2 Å². The van der Waals surface area contributed by atoms with E-state index in [0.717, 1.165) is 28.0 Å². The highest BCUT2D eigenvalue weighted by Gasteiger charge is 2.27. The van der Waals surface area contributed by atoms with Crippen molar-refractivity contribution >= 4 is 45.6 Å². The zero-order valence-electron chi connectivity index (χ0n) is 13.1. The summed E-state index contributed by atoms with van der Waals surface area (Å²) in [5.74, 6) is 2.20. The Morgan fingerprint density at radius 1 is 1.17 bits per heavy atom. The summed E-state index contributed by atoms with van der Waals surface area (Å²) in [5, 5.41) is 20.9. The third-order valence-electron chi connectivity index (χ3n) is 4.27. The molecule has 1 fully saturated rings. The Labute approximate surface area is 149 Å². The Bertz CT molecular complexity index is 947. The Kier molecular flexibility index (Phi) is 3.98. The van der Waals surface area contributed by atoms with Crippen LogP contribution in [0.15, 0.2) is 52.7 Å². The van der Waals surface area contributed by atoms with Crippen molar-refractivity contribution in [3.8, 4) is 5.88 Å². The van der Waals surface area contributed by atoms with Crippen LogP contribution < -0.4 is 0 Å². The molecule has 1 aliphatic heterocycles. The summed E-state index contributed by atoms with van der Waals surface area (Å²) >= 11 is 8.02. The maximum absolute atomic E-state index is 10.7.